The third-order valence-corrected chi connectivity index (χ3v) is 5.29. The Labute approximate surface area is 129 Å². The van der Waals surface area contributed by atoms with Gasteiger partial charge in [0.05, 0.1) is 0 Å². The molecule has 0 amide bonds. The van der Waals surface area contributed by atoms with Crippen molar-refractivity contribution in [3.05, 3.63) is 35.4 Å². The van der Waals surface area contributed by atoms with Gasteiger partial charge >= 0.3 is 0 Å². The van der Waals surface area contributed by atoms with Crippen molar-refractivity contribution in [2.24, 2.45) is 5.92 Å². The minimum Gasteiger partial charge on any atom is -0.312 e. The molecular weight excluding hydrogens is 256 g/mol. The molecule has 0 aromatic heterocycles. The first-order valence-corrected chi connectivity index (χ1v) is 8.89. The topological polar surface area (TPSA) is 15.3 Å². The zero-order valence-electron chi connectivity index (χ0n) is 13.5. The van der Waals surface area contributed by atoms with Gasteiger partial charge in [0.1, 0.15) is 0 Å². The van der Waals surface area contributed by atoms with Crippen molar-refractivity contribution in [3.63, 3.8) is 0 Å². The molecule has 1 atom stereocenters. The lowest BCUT2D eigenvalue weighted by Gasteiger charge is -2.34. The van der Waals surface area contributed by atoms with Gasteiger partial charge in [-0.15, -0.1) is 0 Å². The Morgan fingerprint density at radius 3 is 2.71 bits per heavy atom. The highest BCUT2D eigenvalue weighted by atomic mass is 15.2. The number of rotatable bonds is 6. The molecule has 0 radical (unpaired) electrons. The summed E-state index contributed by atoms with van der Waals surface area (Å²) in [5.41, 5.74) is 3.11. The molecule has 0 spiro atoms. The Morgan fingerprint density at radius 2 is 1.95 bits per heavy atom. The summed E-state index contributed by atoms with van der Waals surface area (Å²) in [7, 11) is 0. The number of benzene rings is 1. The summed E-state index contributed by atoms with van der Waals surface area (Å²) in [6, 6.07) is 9.69. The number of hydrogen-bond donors (Lipinski definition) is 1. The van der Waals surface area contributed by atoms with Crippen molar-refractivity contribution in [3.8, 4) is 0 Å². The fraction of sp³-hybridized carbons (Fsp3) is 0.684. The van der Waals surface area contributed by atoms with Crippen LogP contribution in [0.2, 0.25) is 0 Å². The average molecular weight is 286 g/mol. The number of nitrogens with zero attached hydrogens (tertiary/aromatic N) is 1. The molecule has 1 fully saturated rings. The maximum atomic E-state index is 3.84. The largest absolute Gasteiger partial charge is 0.312 e. The molecule has 1 aliphatic heterocycles. The predicted molar refractivity (Wildman–Crippen MR) is 89.5 cm³/mol. The zero-order valence-corrected chi connectivity index (χ0v) is 13.5. The molecule has 2 aliphatic rings. The van der Waals surface area contributed by atoms with Crippen LogP contribution in [0.25, 0.3) is 0 Å². The molecule has 1 aromatic rings. The first-order valence-electron chi connectivity index (χ1n) is 8.89. The molecule has 116 valence electrons. The monoisotopic (exact) mass is 286 g/mol. The van der Waals surface area contributed by atoms with Crippen LogP contribution >= 0.6 is 0 Å². The van der Waals surface area contributed by atoms with Gasteiger partial charge in [-0.25, -0.2) is 0 Å². The van der Waals surface area contributed by atoms with Gasteiger partial charge in [-0.1, -0.05) is 44.0 Å². The molecule has 21 heavy (non-hydrogen) atoms. The summed E-state index contributed by atoms with van der Waals surface area (Å²) < 4.78 is 0. The minimum absolute atomic E-state index is 0.706. The van der Waals surface area contributed by atoms with E-state index in [9.17, 15) is 0 Å². The Kier molecular flexibility index (Phi) is 5.32. The van der Waals surface area contributed by atoms with Gasteiger partial charge in [-0.2, -0.15) is 0 Å². The van der Waals surface area contributed by atoms with E-state index in [4.69, 9.17) is 0 Å². The highest BCUT2D eigenvalue weighted by Crippen LogP contribution is 2.29. The van der Waals surface area contributed by atoms with Crippen LogP contribution in [-0.2, 0) is 13.0 Å². The summed E-state index contributed by atoms with van der Waals surface area (Å²) in [4.78, 5) is 2.67. The van der Waals surface area contributed by atoms with Crippen LogP contribution in [0.4, 0.5) is 0 Å². The molecule has 1 heterocycles. The Balaban J connectivity index is 1.60. The second-order valence-corrected chi connectivity index (χ2v) is 6.86. The molecule has 2 nitrogen and oxygen atoms in total. The van der Waals surface area contributed by atoms with Crippen LogP contribution in [0, 0.1) is 5.92 Å². The lowest BCUT2D eigenvalue weighted by atomic mass is 9.95. The number of hydrogen-bond acceptors (Lipinski definition) is 2. The molecule has 1 unspecified atom stereocenters. The van der Waals surface area contributed by atoms with Crippen molar-refractivity contribution < 1.29 is 0 Å². The number of nitrogens with one attached hydrogen (secondary N) is 1. The summed E-state index contributed by atoms with van der Waals surface area (Å²) in [6.45, 7) is 7.06. The third-order valence-electron chi connectivity index (χ3n) is 5.29. The van der Waals surface area contributed by atoms with E-state index < -0.39 is 0 Å². The maximum Gasteiger partial charge on any atom is 0.0237 e. The molecule has 0 bridgehead atoms. The van der Waals surface area contributed by atoms with Crippen LogP contribution in [0.5, 0.6) is 0 Å². The molecule has 1 aromatic carbocycles. The summed E-state index contributed by atoms with van der Waals surface area (Å²) in [5.74, 6) is 0.911. The smallest absolute Gasteiger partial charge is 0.0237 e. The van der Waals surface area contributed by atoms with Crippen molar-refractivity contribution in [1.29, 1.82) is 0 Å². The Morgan fingerprint density at radius 1 is 1.19 bits per heavy atom. The minimum atomic E-state index is 0.706. The van der Waals surface area contributed by atoms with Crippen LogP contribution in [0.15, 0.2) is 24.3 Å². The van der Waals surface area contributed by atoms with E-state index in [1.165, 1.54) is 58.2 Å². The first-order chi connectivity index (χ1) is 10.4. The third kappa shape index (κ3) is 3.87. The molecule has 3 rings (SSSR count). The molecule has 1 aliphatic carbocycles. The van der Waals surface area contributed by atoms with Gasteiger partial charge in [0.25, 0.3) is 0 Å². The van der Waals surface area contributed by atoms with Crippen molar-refractivity contribution in [2.75, 3.05) is 19.6 Å². The van der Waals surface area contributed by atoms with Gasteiger partial charge in [0.2, 0.25) is 0 Å². The highest BCUT2D eigenvalue weighted by Gasteiger charge is 2.27. The van der Waals surface area contributed by atoms with E-state index in [-0.39, 0.29) is 0 Å². The van der Waals surface area contributed by atoms with E-state index in [2.05, 4.69) is 41.4 Å². The number of fused-ring (bicyclic) bond motifs is 1. The van der Waals surface area contributed by atoms with E-state index in [1.54, 1.807) is 11.1 Å². The fourth-order valence-corrected chi connectivity index (χ4v) is 4.06. The lowest BCUT2D eigenvalue weighted by Crippen LogP contribution is -2.46. The molecule has 1 saturated carbocycles. The van der Waals surface area contributed by atoms with Gasteiger partial charge in [-0.05, 0) is 49.3 Å². The predicted octanol–water partition coefficient (Wildman–Crippen LogP) is 3.60. The Bertz CT molecular complexity index is 437. The molecule has 2 heteroatoms. The van der Waals surface area contributed by atoms with E-state index in [0.717, 1.165) is 12.5 Å². The normalized spacial score (nSPS) is 21.4. The van der Waals surface area contributed by atoms with Gasteiger partial charge in [-0.3, -0.25) is 4.90 Å². The van der Waals surface area contributed by atoms with Crippen LogP contribution in [0.1, 0.15) is 50.2 Å². The summed E-state index contributed by atoms with van der Waals surface area (Å²) in [5, 5.41) is 3.84. The van der Waals surface area contributed by atoms with Gasteiger partial charge in [0.15, 0.2) is 0 Å². The van der Waals surface area contributed by atoms with Crippen LogP contribution in [0.3, 0.4) is 0 Å². The average Bonchev–Trinajstić information content (AvgIpc) is 3.05. The quantitative estimate of drug-likeness (QED) is 0.859. The zero-order chi connectivity index (χ0) is 14.5. The SMILES string of the molecule is CCCNC(CN1CCc2ccccc2C1)C1CCCC1. The van der Waals surface area contributed by atoms with E-state index >= 15 is 0 Å². The fourth-order valence-electron chi connectivity index (χ4n) is 4.06. The maximum absolute atomic E-state index is 3.84. The Hall–Kier alpha value is -0.860. The second kappa shape index (κ2) is 7.42. The van der Waals surface area contributed by atoms with E-state index in [0.29, 0.717) is 6.04 Å². The summed E-state index contributed by atoms with van der Waals surface area (Å²) >= 11 is 0. The molecular formula is C19H30N2. The van der Waals surface area contributed by atoms with Gasteiger partial charge in [0, 0.05) is 25.7 Å². The standard InChI is InChI=1S/C19H30N2/c1-2-12-20-19(17-8-4-5-9-17)15-21-13-11-16-7-3-6-10-18(16)14-21/h3,6-7,10,17,19-20H,2,4-5,8-9,11-15H2,1H3. The molecule has 0 saturated heterocycles. The van der Waals surface area contributed by atoms with Crippen molar-refractivity contribution >= 4 is 0 Å². The summed E-state index contributed by atoms with van der Waals surface area (Å²) in [6.07, 6.45) is 8.22. The van der Waals surface area contributed by atoms with E-state index in [1.807, 2.05) is 0 Å². The highest BCUT2D eigenvalue weighted by molar-refractivity contribution is 5.29. The first kappa shape index (κ1) is 15.1. The van der Waals surface area contributed by atoms with Crippen molar-refractivity contribution in [2.45, 2.75) is 58.0 Å². The van der Waals surface area contributed by atoms with Crippen LogP contribution < -0.4 is 5.32 Å². The second-order valence-electron chi connectivity index (χ2n) is 6.86. The van der Waals surface area contributed by atoms with Gasteiger partial charge < -0.3 is 5.32 Å². The van der Waals surface area contributed by atoms with Crippen LogP contribution in [-0.4, -0.2) is 30.6 Å². The lowest BCUT2D eigenvalue weighted by molar-refractivity contribution is 0.194. The van der Waals surface area contributed by atoms with Crippen molar-refractivity contribution in [1.82, 2.24) is 10.2 Å². The molecule has 1 N–H and O–H groups in total.